The predicted molar refractivity (Wildman–Crippen MR) is 130 cm³/mol. The van der Waals surface area contributed by atoms with Crippen molar-refractivity contribution in [1.82, 2.24) is 5.32 Å². The predicted octanol–water partition coefficient (Wildman–Crippen LogP) is 4.45. The minimum atomic E-state index is -1.04. The van der Waals surface area contributed by atoms with Gasteiger partial charge in [0.05, 0.1) is 17.0 Å². The maximum Gasteiger partial charge on any atom is 0.335 e. The molecule has 0 aromatic heterocycles. The highest BCUT2D eigenvalue weighted by Gasteiger charge is 2.32. The van der Waals surface area contributed by atoms with E-state index in [0.29, 0.717) is 16.4 Å². The van der Waals surface area contributed by atoms with Crippen LogP contribution in [0.5, 0.6) is 0 Å². The number of nitrogens with zero attached hydrogens (tertiary/aromatic N) is 2. The minimum Gasteiger partial charge on any atom is -0.478 e. The molecule has 1 aliphatic carbocycles. The number of hydrogen-bond donors (Lipinski definition) is 2. The molecule has 1 heterocycles. The van der Waals surface area contributed by atoms with E-state index in [0.717, 1.165) is 37.4 Å². The molecule has 34 heavy (non-hydrogen) atoms. The number of rotatable bonds is 6. The van der Waals surface area contributed by atoms with E-state index in [1.807, 2.05) is 0 Å². The monoisotopic (exact) mass is 481 g/mol. The van der Waals surface area contributed by atoms with Crippen molar-refractivity contribution in [2.75, 3.05) is 10.7 Å². The van der Waals surface area contributed by atoms with Crippen LogP contribution in [-0.4, -0.2) is 39.9 Å². The molecule has 9 heteroatoms. The Bertz CT molecular complexity index is 1140. The fourth-order valence-corrected chi connectivity index (χ4v) is 4.76. The molecule has 0 unspecified atom stereocenters. The van der Waals surface area contributed by atoms with Crippen molar-refractivity contribution in [3.8, 4) is 0 Å². The topological polar surface area (TPSA) is 99.1 Å². The Morgan fingerprint density at radius 2 is 1.76 bits per heavy atom. The first-order valence-electron chi connectivity index (χ1n) is 11.1. The number of thioether (sulfide) groups is 1. The van der Waals surface area contributed by atoms with E-state index < -0.39 is 17.7 Å². The van der Waals surface area contributed by atoms with Gasteiger partial charge in [0.25, 0.3) is 5.91 Å². The Hall–Kier alpha value is -3.46. The molecule has 7 nitrogen and oxygen atoms in total. The van der Waals surface area contributed by atoms with Crippen LogP contribution in [0.1, 0.15) is 48.0 Å². The van der Waals surface area contributed by atoms with Gasteiger partial charge in [-0.25, -0.2) is 14.2 Å². The standard InChI is InChI=1S/C25H24FN3O4S/c26-18-10-12-20(13-11-18)29-23(31)21(14-16-6-8-17(9-7-16)24(32)33)28-25(29)34-15-22(30)27-19-4-2-1-3-5-19/h6-14,19H,1-5,15H2,(H,27,30)(H,32,33). The third-order valence-corrected chi connectivity index (χ3v) is 6.62. The number of amidine groups is 1. The van der Waals surface area contributed by atoms with Gasteiger partial charge >= 0.3 is 5.97 Å². The third kappa shape index (κ3) is 5.72. The zero-order valence-corrected chi connectivity index (χ0v) is 19.2. The Labute approximate surface area is 200 Å². The first-order valence-corrected chi connectivity index (χ1v) is 12.1. The molecule has 2 amide bonds. The Kier molecular flexibility index (Phi) is 7.42. The number of carbonyl (C=O) groups is 3. The quantitative estimate of drug-likeness (QED) is 0.594. The lowest BCUT2D eigenvalue weighted by molar-refractivity contribution is -0.119. The van der Waals surface area contributed by atoms with E-state index >= 15 is 0 Å². The number of carbonyl (C=O) groups excluding carboxylic acids is 2. The summed E-state index contributed by atoms with van der Waals surface area (Å²) in [4.78, 5) is 42.6. The number of carboxylic acid groups (broad SMARTS) is 1. The Morgan fingerprint density at radius 1 is 1.09 bits per heavy atom. The van der Waals surface area contributed by atoms with Crippen LogP contribution in [0, 0.1) is 5.82 Å². The largest absolute Gasteiger partial charge is 0.478 e. The van der Waals surface area contributed by atoms with E-state index in [2.05, 4.69) is 10.3 Å². The summed E-state index contributed by atoms with van der Waals surface area (Å²) in [6.07, 6.45) is 6.93. The minimum absolute atomic E-state index is 0.0981. The number of aromatic carboxylic acids is 1. The average Bonchev–Trinajstić information content (AvgIpc) is 3.14. The smallest absolute Gasteiger partial charge is 0.335 e. The summed E-state index contributed by atoms with van der Waals surface area (Å²) >= 11 is 1.14. The first-order chi connectivity index (χ1) is 16.4. The van der Waals surface area contributed by atoms with Crippen molar-refractivity contribution in [2.24, 2.45) is 4.99 Å². The molecule has 1 fully saturated rings. The summed E-state index contributed by atoms with van der Waals surface area (Å²) in [5.41, 5.74) is 1.33. The van der Waals surface area contributed by atoms with Crippen molar-refractivity contribution < 1.29 is 23.9 Å². The molecule has 0 spiro atoms. The summed E-state index contributed by atoms with van der Waals surface area (Å²) < 4.78 is 13.5. The van der Waals surface area contributed by atoms with Gasteiger partial charge in [0, 0.05) is 6.04 Å². The van der Waals surface area contributed by atoms with Gasteiger partial charge in [-0.1, -0.05) is 43.2 Å². The lowest BCUT2D eigenvalue weighted by Gasteiger charge is -2.23. The van der Waals surface area contributed by atoms with Gasteiger partial charge in [0.2, 0.25) is 5.91 Å². The molecule has 0 bridgehead atoms. The molecular weight excluding hydrogens is 457 g/mol. The highest BCUT2D eigenvalue weighted by atomic mass is 32.2. The summed E-state index contributed by atoms with van der Waals surface area (Å²) in [7, 11) is 0. The first kappa shape index (κ1) is 23.7. The number of carboxylic acids is 1. The molecule has 176 valence electrons. The van der Waals surface area contributed by atoms with Gasteiger partial charge in [-0.2, -0.15) is 0 Å². The molecule has 1 saturated carbocycles. The highest BCUT2D eigenvalue weighted by Crippen LogP contribution is 2.30. The van der Waals surface area contributed by atoms with Gasteiger partial charge < -0.3 is 10.4 Å². The summed E-state index contributed by atoms with van der Waals surface area (Å²) in [5, 5.41) is 12.4. The number of halogens is 1. The number of anilines is 1. The van der Waals surface area contributed by atoms with Crippen LogP contribution in [-0.2, 0) is 9.59 Å². The van der Waals surface area contributed by atoms with Crippen molar-refractivity contribution >= 4 is 46.5 Å². The van der Waals surface area contributed by atoms with Crippen molar-refractivity contribution in [2.45, 2.75) is 38.1 Å². The van der Waals surface area contributed by atoms with Gasteiger partial charge in [0.1, 0.15) is 11.5 Å². The van der Waals surface area contributed by atoms with E-state index in [9.17, 15) is 18.8 Å². The molecule has 2 N–H and O–H groups in total. The zero-order valence-electron chi connectivity index (χ0n) is 18.4. The molecule has 0 radical (unpaired) electrons. The lowest BCUT2D eigenvalue weighted by atomic mass is 9.95. The van der Waals surface area contributed by atoms with Gasteiger partial charge in [-0.05, 0) is 60.9 Å². The normalized spacial score (nSPS) is 17.7. The molecule has 2 aromatic carbocycles. The summed E-state index contributed by atoms with van der Waals surface area (Å²) in [6.45, 7) is 0. The van der Waals surface area contributed by atoms with E-state index in [-0.39, 0.29) is 29.0 Å². The van der Waals surface area contributed by atoms with Gasteiger partial charge in [-0.15, -0.1) is 0 Å². The van der Waals surface area contributed by atoms with Gasteiger partial charge in [0.15, 0.2) is 5.17 Å². The maximum absolute atomic E-state index is 13.5. The zero-order chi connectivity index (χ0) is 24.1. The molecule has 1 aliphatic heterocycles. The second-order valence-corrected chi connectivity index (χ2v) is 9.10. The van der Waals surface area contributed by atoms with Crippen molar-refractivity contribution in [1.29, 1.82) is 0 Å². The van der Waals surface area contributed by atoms with E-state index in [4.69, 9.17) is 5.11 Å². The van der Waals surface area contributed by atoms with Crippen LogP contribution in [0.4, 0.5) is 10.1 Å². The van der Waals surface area contributed by atoms with Crippen LogP contribution in [0.25, 0.3) is 6.08 Å². The molecule has 2 aromatic rings. The number of hydrogen-bond acceptors (Lipinski definition) is 5. The average molecular weight is 482 g/mol. The number of nitrogens with one attached hydrogen (secondary N) is 1. The molecule has 0 atom stereocenters. The summed E-state index contributed by atoms with van der Waals surface area (Å²) in [6, 6.07) is 11.7. The van der Waals surface area contributed by atoms with Crippen LogP contribution in [0.15, 0.2) is 59.2 Å². The van der Waals surface area contributed by atoms with Crippen LogP contribution in [0.3, 0.4) is 0 Å². The SMILES string of the molecule is O=C(CSC1=NC(=Cc2ccc(C(=O)O)cc2)C(=O)N1c1ccc(F)cc1)NC1CCCCC1. The van der Waals surface area contributed by atoms with Gasteiger partial charge in [-0.3, -0.25) is 14.5 Å². The van der Waals surface area contributed by atoms with Crippen LogP contribution in [0.2, 0.25) is 0 Å². The van der Waals surface area contributed by atoms with Crippen molar-refractivity contribution in [3.05, 3.63) is 71.2 Å². The fourth-order valence-electron chi connectivity index (χ4n) is 3.94. The summed E-state index contributed by atoms with van der Waals surface area (Å²) in [5.74, 6) is -1.90. The number of aliphatic imine (C=N–C) groups is 1. The highest BCUT2D eigenvalue weighted by molar-refractivity contribution is 8.14. The molecular formula is C25H24FN3O4S. The Balaban J connectivity index is 1.54. The molecule has 0 saturated heterocycles. The van der Waals surface area contributed by atoms with Crippen LogP contribution >= 0.6 is 11.8 Å². The lowest BCUT2D eigenvalue weighted by Crippen LogP contribution is -2.38. The molecule has 4 rings (SSSR count). The van der Waals surface area contributed by atoms with E-state index in [1.54, 1.807) is 18.2 Å². The van der Waals surface area contributed by atoms with E-state index in [1.165, 1.54) is 47.7 Å². The second kappa shape index (κ2) is 10.6. The fraction of sp³-hybridized carbons (Fsp3) is 0.280. The number of amides is 2. The molecule has 2 aliphatic rings. The third-order valence-electron chi connectivity index (χ3n) is 5.68. The van der Waals surface area contributed by atoms with Crippen LogP contribution < -0.4 is 10.2 Å². The number of benzene rings is 2. The maximum atomic E-state index is 13.5. The Morgan fingerprint density at radius 3 is 2.41 bits per heavy atom. The van der Waals surface area contributed by atoms with Crippen molar-refractivity contribution in [3.63, 3.8) is 0 Å². The second-order valence-electron chi connectivity index (χ2n) is 8.16.